The number of aromatic nitrogens is 1. The molecule has 0 aliphatic carbocycles. The minimum atomic E-state index is -0.561. The number of aryl methyl sites for hydroxylation is 1. The average molecular weight is 453 g/mol. The molecular formula is C24H18Cl2N2O3. The Bertz CT molecular complexity index is 1290. The Labute approximate surface area is 188 Å². The van der Waals surface area contributed by atoms with Gasteiger partial charge in [-0.1, -0.05) is 47.5 Å². The van der Waals surface area contributed by atoms with Gasteiger partial charge in [0.1, 0.15) is 11.3 Å². The van der Waals surface area contributed by atoms with Gasteiger partial charge in [-0.2, -0.15) is 0 Å². The van der Waals surface area contributed by atoms with E-state index in [0.29, 0.717) is 39.4 Å². The van der Waals surface area contributed by atoms with Gasteiger partial charge in [0.25, 0.3) is 5.91 Å². The third-order valence-electron chi connectivity index (χ3n) is 4.88. The molecule has 156 valence electrons. The Hall–Kier alpha value is -3.28. The van der Waals surface area contributed by atoms with Crippen LogP contribution in [0.25, 0.3) is 11.5 Å². The largest absolute Gasteiger partial charge is 0.463 e. The van der Waals surface area contributed by atoms with E-state index >= 15 is 0 Å². The van der Waals surface area contributed by atoms with Crippen molar-refractivity contribution in [2.45, 2.75) is 13.5 Å². The molecule has 7 heteroatoms. The van der Waals surface area contributed by atoms with Crippen LogP contribution in [0.1, 0.15) is 21.6 Å². The van der Waals surface area contributed by atoms with Crippen LogP contribution in [0.5, 0.6) is 0 Å². The second-order valence-electron chi connectivity index (χ2n) is 7.00. The van der Waals surface area contributed by atoms with E-state index in [-0.39, 0.29) is 5.56 Å². The minimum absolute atomic E-state index is 0.0190. The second-order valence-corrected chi connectivity index (χ2v) is 7.84. The molecule has 4 aromatic rings. The van der Waals surface area contributed by atoms with E-state index in [1.165, 1.54) is 12.3 Å². The number of hydrogen-bond donors (Lipinski definition) is 1. The molecule has 1 N–H and O–H groups in total. The number of nitrogens with one attached hydrogen (secondary N) is 1. The zero-order valence-electron chi connectivity index (χ0n) is 16.6. The molecule has 1 amide bonds. The lowest BCUT2D eigenvalue weighted by Crippen LogP contribution is -2.27. The summed E-state index contributed by atoms with van der Waals surface area (Å²) in [6, 6.07) is 19.1. The standard InChI is InChI=1S/C24H18Cl2N2O3/c1-15-13-20(29)22(24(30)27-19-6-3-2-5-18(19)26)23(21-7-4-12-31-21)28(15)14-16-8-10-17(25)11-9-16/h2-13H,14H2,1H3,(H,27,30). The van der Waals surface area contributed by atoms with Gasteiger partial charge in [0, 0.05) is 23.3 Å². The molecule has 0 radical (unpaired) electrons. The van der Waals surface area contributed by atoms with Crippen molar-refractivity contribution in [3.63, 3.8) is 0 Å². The molecule has 0 bridgehead atoms. The van der Waals surface area contributed by atoms with Crippen molar-refractivity contribution in [1.82, 2.24) is 4.57 Å². The first-order chi connectivity index (χ1) is 14.9. The monoisotopic (exact) mass is 452 g/mol. The van der Waals surface area contributed by atoms with Crippen LogP contribution in [0.2, 0.25) is 10.0 Å². The Morgan fingerprint density at radius 1 is 1.03 bits per heavy atom. The maximum Gasteiger partial charge on any atom is 0.261 e. The van der Waals surface area contributed by atoms with Gasteiger partial charge in [-0.25, -0.2) is 0 Å². The van der Waals surface area contributed by atoms with Crippen molar-refractivity contribution in [3.8, 4) is 11.5 Å². The third kappa shape index (κ3) is 4.43. The number of para-hydroxylation sites is 1. The molecule has 31 heavy (non-hydrogen) atoms. The molecule has 0 saturated carbocycles. The van der Waals surface area contributed by atoms with E-state index in [4.69, 9.17) is 27.6 Å². The number of nitrogens with zero attached hydrogens (tertiary/aromatic N) is 1. The Morgan fingerprint density at radius 2 is 1.77 bits per heavy atom. The van der Waals surface area contributed by atoms with Crippen LogP contribution >= 0.6 is 23.2 Å². The fraction of sp³-hybridized carbons (Fsp3) is 0.0833. The third-order valence-corrected chi connectivity index (χ3v) is 5.46. The van der Waals surface area contributed by atoms with Gasteiger partial charge in [0.15, 0.2) is 11.2 Å². The topological polar surface area (TPSA) is 64.2 Å². The van der Waals surface area contributed by atoms with Gasteiger partial charge < -0.3 is 14.3 Å². The minimum Gasteiger partial charge on any atom is -0.463 e. The molecule has 2 heterocycles. The molecular weight excluding hydrogens is 435 g/mol. The zero-order chi connectivity index (χ0) is 22.0. The van der Waals surface area contributed by atoms with Gasteiger partial charge >= 0.3 is 0 Å². The fourth-order valence-corrected chi connectivity index (χ4v) is 3.69. The Balaban J connectivity index is 1.86. The van der Waals surface area contributed by atoms with Crippen molar-refractivity contribution < 1.29 is 9.21 Å². The maximum absolute atomic E-state index is 13.2. The highest BCUT2D eigenvalue weighted by Gasteiger charge is 2.24. The first-order valence-electron chi connectivity index (χ1n) is 9.52. The molecule has 0 unspecified atom stereocenters. The van der Waals surface area contributed by atoms with E-state index < -0.39 is 11.3 Å². The van der Waals surface area contributed by atoms with Crippen LogP contribution in [0.3, 0.4) is 0 Å². The lowest BCUT2D eigenvalue weighted by Gasteiger charge is -2.19. The number of amides is 1. The van der Waals surface area contributed by atoms with Gasteiger partial charge in [0.2, 0.25) is 0 Å². The maximum atomic E-state index is 13.2. The van der Waals surface area contributed by atoms with Crippen molar-refractivity contribution in [2.75, 3.05) is 5.32 Å². The van der Waals surface area contributed by atoms with Crippen LogP contribution in [0, 0.1) is 6.92 Å². The Kier molecular flexibility index (Phi) is 5.98. The first kappa shape index (κ1) is 21.0. The quantitative estimate of drug-likeness (QED) is 0.402. The van der Waals surface area contributed by atoms with Crippen LogP contribution in [0.4, 0.5) is 5.69 Å². The van der Waals surface area contributed by atoms with Crippen LogP contribution in [-0.2, 0) is 6.54 Å². The van der Waals surface area contributed by atoms with Gasteiger partial charge in [-0.05, 0) is 48.9 Å². The summed E-state index contributed by atoms with van der Waals surface area (Å²) in [7, 11) is 0. The van der Waals surface area contributed by atoms with Crippen LogP contribution < -0.4 is 10.7 Å². The molecule has 0 aliphatic heterocycles. The number of pyridine rings is 1. The van der Waals surface area contributed by atoms with E-state index in [1.807, 2.05) is 23.6 Å². The SMILES string of the molecule is Cc1cc(=O)c(C(=O)Nc2ccccc2Cl)c(-c2ccco2)n1Cc1ccc(Cl)cc1. The molecule has 5 nitrogen and oxygen atoms in total. The predicted octanol–water partition coefficient (Wildman–Crippen LogP) is 6.02. The normalized spacial score (nSPS) is 10.8. The summed E-state index contributed by atoms with van der Waals surface area (Å²) < 4.78 is 7.48. The molecule has 0 saturated heterocycles. The highest BCUT2D eigenvalue weighted by Crippen LogP contribution is 2.27. The summed E-state index contributed by atoms with van der Waals surface area (Å²) in [5, 5.41) is 3.75. The smallest absolute Gasteiger partial charge is 0.261 e. The molecule has 2 aromatic heterocycles. The molecule has 4 rings (SSSR count). The van der Waals surface area contributed by atoms with Crippen molar-refractivity contribution >= 4 is 34.8 Å². The summed E-state index contributed by atoms with van der Waals surface area (Å²) in [4.78, 5) is 26.2. The highest BCUT2D eigenvalue weighted by atomic mass is 35.5. The molecule has 0 fully saturated rings. The zero-order valence-corrected chi connectivity index (χ0v) is 18.1. The lowest BCUT2D eigenvalue weighted by molar-refractivity contribution is 0.102. The summed E-state index contributed by atoms with van der Waals surface area (Å²) in [5.74, 6) is -0.145. The van der Waals surface area contributed by atoms with Gasteiger partial charge in [-0.3, -0.25) is 9.59 Å². The number of anilines is 1. The van der Waals surface area contributed by atoms with E-state index in [2.05, 4.69) is 5.32 Å². The second kappa shape index (κ2) is 8.84. The molecule has 0 spiro atoms. The van der Waals surface area contributed by atoms with Crippen molar-refractivity contribution in [3.05, 3.63) is 110 Å². The van der Waals surface area contributed by atoms with E-state index in [9.17, 15) is 9.59 Å². The summed E-state index contributed by atoms with van der Waals surface area (Å²) in [6.07, 6.45) is 1.50. The van der Waals surface area contributed by atoms with Crippen LogP contribution in [0.15, 0.2) is 82.2 Å². The number of rotatable bonds is 5. The number of carbonyl (C=O) groups excluding carboxylic acids is 1. The van der Waals surface area contributed by atoms with Gasteiger partial charge in [-0.15, -0.1) is 0 Å². The number of benzene rings is 2. The molecule has 0 atom stereocenters. The average Bonchev–Trinajstić information content (AvgIpc) is 3.27. The summed E-state index contributed by atoms with van der Waals surface area (Å²) in [6.45, 7) is 2.24. The first-order valence-corrected chi connectivity index (χ1v) is 10.3. The number of furan rings is 1. The van der Waals surface area contributed by atoms with Gasteiger partial charge in [0.05, 0.1) is 17.0 Å². The summed E-state index contributed by atoms with van der Waals surface area (Å²) >= 11 is 12.2. The number of carbonyl (C=O) groups is 1. The van der Waals surface area contributed by atoms with E-state index in [1.54, 1.807) is 48.5 Å². The summed E-state index contributed by atoms with van der Waals surface area (Å²) in [5.41, 5.74) is 2.05. The van der Waals surface area contributed by atoms with Crippen LogP contribution in [-0.4, -0.2) is 10.5 Å². The number of hydrogen-bond acceptors (Lipinski definition) is 3. The molecule has 2 aromatic carbocycles. The van der Waals surface area contributed by atoms with Crippen molar-refractivity contribution in [1.29, 1.82) is 0 Å². The fourth-order valence-electron chi connectivity index (χ4n) is 3.38. The highest BCUT2D eigenvalue weighted by molar-refractivity contribution is 6.34. The van der Waals surface area contributed by atoms with Crippen molar-refractivity contribution in [2.24, 2.45) is 0 Å². The molecule has 0 aliphatic rings. The predicted molar refractivity (Wildman–Crippen MR) is 123 cm³/mol. The lowest BCUT2D eigenvalue weighted by atomic mass is 10.1. The Morgan fingerprint density at radius 3 is 2.45 bits per heavy atom. The van der Waals surface area contributed by atoms with E-state index in [0.717, 1.165) is 5.56 Å². The number of halogens is 2.